The first kappa shape index (κ1) is 18.2. The first-order valence-electron chi connectivity index (χ1n) is 7.58. The van der Waals surface area contributed by atoms with Gasteiger partial charge in [0.15, 0.2) is 0 Å². The van der Waals surface area contributed by atoms with Gasteiger partial charge < -0.3 is 15.8 Å². The predicted octanol–water partition coefficient (Wildman–Crippen LogP) is 3.13. The van der Waals surface area contributed by atoms with E-state index in [9.17, 15) is 9.59 Å². The summed E-state index contributed by atoms with van der Waals surface area (Å²) in [5.74, 6) is -0.609. The number of esters is 1. The number of carbonyl (C=O) groups is 2. The molecule has 2 rings (SSSR count). The van der Waals surface area contributed by atoms with Gasteiger partial charge in [0.25, 0.3) is 5.91 Å². The molecule has 126 valence electrons. The second-order valence-electron chi connectivity index (χ2n) is 5.19. The minimum absolute atomic E-state index is 0.196. The maximum absolute atomic E-state index is 12.2. The van der Waals surface area contributed by atoms with Crippen LogP contribution in [0.3, 0.4) is 0 Å². The maximum atomic E-state index is 12.2. The van der Waals surface area contributed by atoms with Crippen molar-refractivity contribution in [3.63, 3.8) is 0 Å². The molecule has 0 bridgehead atoms. The number of rotatable bonds is 6. The molecule has 0 saturated heterocycles. The number of nitrogens with two attached hydrogens (primary N) is 1. The van der Waals surface area contributed by atoms with E-state index in [4.69, 9.17) is 10.5 Å². The summed E-state index contributed by atoms with van der Waals surface area (Å²) in [5.41, 5.74) is 7.93. The number of anilines is 1. The molecule has 0 unspecified atom stereocenters. The van der Waals surface area contributed by atoms with E-state index in [2.05, 4.69) is 21.2 Å². The summed E-state index contributed by atoms with van der Waals surface area (Å²) in [7, 11) is 0. The van der Waals surface area contributed by atoms with Crippen LogP contribution in [0.15, 0.2) is 53.0 Å². The molecule has 2 aromatic rings. The van der Waals surface area contributed by atoms with Crippen LogP contribution in [0.25, 0.3) is 0 Å². The van der Waals surface area contributed by atoms with Gasteiger partial charge in [0, 0.05) is 10.2 Å². The lowest BCUT2D eigenvalue weighted by Crippen LogP contribution is -2.34. The number of hydrogen-bond acceptors (Lipinski definition) is 4. The van der Waals surface area contributed by atoms with Crippen molar-refractivity contribution < 1.29 is 14.3 Å². The third-order valence-corrected chi connectivity index (χ3v) is 4.07. The van der Waals surface area contributed by atoms with Crippen molar-refractivity contribution in [1.29, 1.82) is 0 Å². The highest BCUT2D eigenvalue weighted by Gasteiger charge is 2.15. The van der Waals surface area contributed by atoms with Gasteiger partial charge in [0.05, 0.1) is 12.2 Å². The number of amides is 1. The fraction of sp³-hybridized carbons (Fsp3) is 0.222. The molecule has 0 radical (unpaired) electrons. The van der Waals surface area contributed by atoms with Crippen molar-refractivity contribution in [2.24, 2.45) is 5.73 Å². The third-order valence-electron chi connectivity index (χ3n) is 3.38. The molecule has 0 fully saturated rings. The largest absolute Gasteiger partial charge is 0.465 e. The number of halogens is 1. The van der Waals surface area contributed by atoms with E-state index in [0.717, 1.165) is 10.0 Å². The molecule has 0 heterocycles. The predicted molar refractivity (Wildman–Crippen MR) is 96.8 cm³/mol. The first-order valence-corrected chi connectivity index (χ1v) is 8.37. The zero-order valence-electron chi connectivity index (χ0n) is 13.3. The molecule has 0 spiro atoms. The fourth-order valence-electron chi connectivity index (χ4n) is 2.15. The minimum atomic E-state index is -0.689. The highest BCUT2D eigenvalue weighted by Crippen LogP contribution is 2.18. The Bertz CT molecular complexity index is 716. The van der Waals surface area contributed by atoms with Gasteiger partial charge in [-0.15, -0.1) is 0 Å². The van der Waals surface area contributed by atoms with Gasteiger partial charge in [-0.1, -0.05) is 24.3 Å². The standard InChI is InChI=1S/C18H19BrN2O3/c1-2-24-18(23)16(20)11-12-7-9-13(10-8-12)21-17(22)14-5-3-4-6-15(14)19/h3-10,16H,2,11,20H2,1H3,(H,21,22)/t16-/m0/s1. The van der Waals surface area contributed by atoms with Crippen LogP contribution < -0.4 is 11.1 Å². The SMILES string of the molecule is CCOC(=O)[C@@H](N)Cc1ccc(NC(=O)c2ccccc2Br)cc1. The molecule has 1 amide bonds. The maximum Gasteiger partial charge on any atom is 0.323 e. The van der Waals surface area contributed by atoms with Crippen LogP contribution in [0.1, 0.15) is 22.8 Å². The minimum Gasteiger partial charge on any atom is -0.465 e. The summed E-state index contributed by atoms with van der Waals surface area (Å²) >= 11 is 3.36. The molecule has 0 aliphatic rings. The van der Waals surface area contributed by atoms with Gasteiger partial charge in [0.2, 0.25) is 0 Å². The van der Waals surface area contributed by atoms with E-state index in [0.29, 0.717) is 24.3 Å². The zero-order chi connectivity index (χ0) is 17.5. The van der Waals surface area contributed by atoms with Crippen LogP contribution in [0.4, 0.5) is 5.69 Å². The van der Waals surface area contributed by atoms with Crippen molar-refractivity contribution in [1.82, 2.24) is 0 Å². The summed E-state index contributed by atoms with van der Waals surface area (Å²) in [5, 5.41) is 2.83. The Morgan fingerprint density at radius 2 is 1.83 bits per heavy atom. The third kappa shape index (κ3) is 4.91. The number of ether oxygens (including phenoxy) is 1. The Hall–Kier alpha value is -2.18. The molecule has 2 aromatic carbocycles. The Kier molecular flexibility index (Phi) is 6.52. The molecule has 24 heavy (non-hydrogen) atoms. The second kappa shape index (κ2) is 8.61. The Morgan fingerprint density at radius 3 is 2.46 bits per heavy atom. The van der Waals surface area contributed by atoms with Gasteiger partial charge in [0.1, 0.15) is 6.04 Å². The van der Waals surface area contributed by atoms with Crippen LogP contribution in [0.5, 0.6) is 0 Å². The topological polar surface area (TPSA) is 81.4 Å². The monoisotopic (exact) mass is 390 g/mol. The Morgan fingerprint density at radius 1 is 1.17 bits per heavy atom. The number of benzene rings is 2. The van der Waals surface area contributed by atoms with Crippen molar-refractivity contribution in [2.45, 2.75) is 19.4 Å². The van der Waals surface area contributed by atoms with Crippen molar-refractivity contribution >= 4 is 33.5 Å². The number of nitrogens with one attached hydrogen (secondary N) is 1. The molecule has 5 nitrogen and oxygen atoms in total. The van der Waals surface area contributed by atoms with Crippen molar-refractivity contribution in [3.05, 3.63) is 64.1 Å². The van der Waals surface area contributed by atoms with E-state index in [1.54, 1.807) is 31.2 Å². The van der Waals surface area contributed by atoms with E-state index >= 15 is 0 Å². The summed E-state index contributed by atoms with van der Waals surface area (Å²) < 4.78 is 5.62. The van der Waals surface area contributed by atoms with Crippen molar-refractivity contribution in [2.75, 3.05) is 11.9 Å². The first-order chi connectivity index (χ1) is 11.5. The summed E-state index contributed by atoms with van der Waals surface area (Å²) in [6.07, 6.45) is 0.386. The van der Waals surface area contributed by atoms with E-state index in [1.165, 1.54) is 0 Å². The van der Waals surface area contributed by atoms with Gasteiger partial charge in [-0.25, -0.2) is 0 Å². The molecule has 0 aliphatic heterocycles. The normalized spacial score (nSPS) is 11.6. The van der Waals surface area contributed by atoms with Gasteiger partial charge in [-0.3, -0.25) is 9.59 Å². The molecule has 0 saturated carbocycles. The lowest BCUT2D eigenvalue weighted by Gasteiger charge is -2.11. The summed E-state index contributed by atoms with van der Waals surface area (Å²) in [6.45, 7) is 2.06. The molecule has 3 N–H and O–H groups in total. The van der Waals surface area contributed by atoms with Crippen LogP contribution >= 0.6 is 15.9 Å². The van der Waals surface area contributed by atoms with Crippen LogP contribution in [0, 0.1) is 0 Å². The molecular formula is C18H19BrN2O3. The quantitative estimate of drug-likeness (QED) is 0.742. The van der Waals surface area contributed by atoms with Crippen molar-refractivity contribution in [3.8, 4) is 0 Å². The average Bonchev–Trinajstić information content (AvgIpc) is 2.57. The summed E-state index contributed by atoms with van der Waals surface area (Å²) in [4.78, 5) is 23.8. The Balaban J connectivity index is 1.98. The van der Waals surface area contributed by atoms with Crippen LogP contribution in [-0.4, -0.2) is 24.5 Å². The lowest BCUT2D eigenvalue weighted by atomic mass is 10.1. The molecule has 6 heteroatoms. The average molecular weight is 391 g/mol. The van der Waals surface area contributed by atoms with E-state index in [-0.39, 0.29) is 5.91 Å². The number of carbonyl (C=O) groups excluding carboxylic acids is 2. The Labute approximate surface area is 149 Å². The molecule has 1 atom stereocenters. The molecule has 0 aromatic heterocycles. The van der Waals surface area contributed by atoms with Gasteiger partial charge >= 0.3 is 5.97 Å². The lowest BCUT2D eigenvalue weighted by molar-refractivity contribution is -0.144. The number of hydrogen-bond donors (Lipinski definition) is 2. The highest BCUT2D eigenvalue weighted by molar-refractivity contribution is 9.10. The second-order valence-corrected chi connectivity index (χ2v) is 6.05. The molecular weight excluding hydrogens is 372 g/mol. The van der Waals surface area contributed by atoms with Crippen LogP contribution in [0.2, 0.25) is 0 Å². The molecule has 0 aliphatic carbocycles. The van der Waals surface area contributed by atoms with E-state index < -0.39 is 12.0 Å². The van der Waals surface area contributed by atoms with E-state index in [1.807, 2.05) is 24.3 Å². The summed E-state index contributed by atoms with van der Waals surface area (Å²) in [6, 6.07) is 13.7. The smallest absolute Gasteiger partial charge is 0.323 e. The zero-order valence-corrected chi connectivity index (χ0v) is 14.9. The fourth-order valence-corrected chi connectivity index (χ4v) is 2.62. The van der Waals surface area contributed by atoms with Gasteiger partial charge in [-0.05, 0) is 59.1 Å². The van der Waals surface area contributed by atoms with Crippen LogP contribution in [-0.2, 0) is 16.0 Å². The highest BCUT2D eigenvalue weighted by atomic mass is 79.9. The van der Waals surface area contributed by atoms with Gasteiger partial charge in [-0.2, -0.15) is 0 Å².